The van der Waals surface area contributed by atoms with Gasteiger partial charge >= 0.3 is 5.97 Å². The molecule has 0 aromatic heterocycles. The number of carbonyl (C=O) groups excluding carboxylic acids is 2. The Kier molecular flexibility index (Phi) is 4.62. The summed E-state index contributed by atoms with van der Waals surface area (Å²) in [5.74, 6) is -1.27. The smallest absolute Gasteiger partial charge is 0.304 e. The number of nitrogens with zero attached hydrogens (tertiary/aromatic N) is 2. The van der Waals surface area contributed by atoms with Crippen molar-refractivity contribution in [2.75, 3.05) is 20.1 Å². The number of rotatable bonds is 6. The fourth-order valence-electron chi connectivity index (χ4n) is 1.90. The van der Waals surface area contributed by atoms with Gasteiger partial charge < -0.3 is 5.11 Å². The molecule has 0 saturated carbocycles. The van der Waals surface area contributed by atoms with Crippen molar-refractivity contribution in [1.29, 1.82) is 0 Å². The third-order valence-corrected chi connectivity index (χ3v) is 2.88. The van der Waals surface area contributed by atoms with Crippen molar-refractivity contribution in [2.45, 2.75) is 32.2 Å². The number of carboxylic acids is 1. The first-order valence-electron chi connectivity index (χ1n) is 5.73. The van der Waals surface area contributed by atoms with E-state index >= 15 is 0 Å². The fourth-order valence-corrected chi connectivity index (χ4v) is 1.90. The monoisotopic (exact) mass is 242 g/mol. The maximum atomic E-state index is 11.9. The van der Waals surface area contributed by atoms with Crippen LogP contribution in [0.25, 0.3) is 0 Å². The lowest BCUT2D eigenvalue weighted by molar-refractivity contribution is -0.141. The first kappa shape index (κ1) is 13.6. The molecule has 1 fully saturated rings. The van der Waals surface area contributed by atoms with E-state index in [1.54, 1.807) is 11.9 Å². The van der Waals surface area contributed by atoms with Gasteiger partial charge in [0.15, 0.2) is 0 Å². The predicted molar refractivity (Wildman–Crippen MR) is 60.3 cm³/mol. The number of carboxylic acid groups (broad SMARTS) is 1. The van der Waals surface area contributed by atoms with Crippen LogP contribution in [0.1, 0.15) is 26.2 Å². The van der Waals surface area contributed by atoms with Crippen LogP contribution in [0.15, 0.2) is 0 Å². The van der Waals surface area contributed by atoms with Crippen molar-refractivity contribution in [3.05, 3.63) is 0 Å². The summed E-state index contributed by atoms with van der Waals surface area (Å²) in [7, 11) is 1.67. The highest BCUT2D eigenvalue weighted by Gasteiger charge is 2.39. The molecule has 6 nitrogen and oxygen atoms in total. The van der Waals surface area contributed by atoms with E-state index in [0.717, 1.165) is 6.42 Å². The standard InChI is InChI=1S/C11H18N2O4/c1-3-5-13-9(14)7-8(11(13)17)12(2)6-4-10(15)16/h8H,3-7H2,1-2H3,(H,15,16). The lowest BCUT2D eigenvalue weighted by atomic mass is 10.2. The van der Waals surface area contributed by atoms with Gasteiger partial charge in [-0.2, -0.15) is 0 Å². The van der Waals surface area contributed by atoms with Crippen LogP contribution >= 0.6 is 0 Å². The van der Waals surface area contributed by atoms with Crippen molar-refractivity contribution in [3.8, 4) is 0 Å². The van der Waals surface area contributed by atoms with E-state index in [9.17, 15) is 14.4 Å². The van der Waals surface area contributed by atoms with E-state index < -0.39 is 12.0 Å². The zero-order valence-electron chi connectivity index (χ0n) is 10.2. The molecule has 1 aliphatic rings. The molecular weight excluding hydrogens is 224 g/mol. The molecule has 1 N–H and O–H groups in total. The summed E-state index contributed by atoms with van der Waals surface area (Å²) in [4.78, 5) is 36.8. The minimum atomic E-state index is -0.904. The Hall–Kier alpha value is -1.43. The Morgan fingerprint density at radius 3 is 2.71 bits per heavy atom. The van der Waals surface area contributed by atoms with E-state index in [1.165, 1.54) is 4.90 Å². The number of likely N-dealkylation sites (N-methyl/N-ethyl adjacent to an activating group) is 1. The van der Waals surface area contributed by atoms with Gasteiger partial charge in [-0.1, -0.05) is 6.92 Å². The molecule has 2 amide bonds. The maximum Gasteiger partial charge on any atom is 0.304 e. The molecule has 1 saturated heterocycles. The van der Waals surface area contributed by atoms with Crippen LogP contribution in [0.5, 0.6) is 0 Å². The van der Waals surface area contributed by atoms with Gasteiger partial charge in [0.2, 0.25) is 11.8 Å². The predicted octanol–water partition coefficient (Wildman–Crippen LogP) is -0.0696. The van der Waals surface area contributed by atoms with Crippen molar-refractivity contribution in [2.24, 2.45) is 0 Å². The molecule has 0 bridgehead atoms. The van der Waals surface area contributed by atoms with E-state index in [1.807, 2.05) is 6.92 Å². The number of amides is 2. The number of hydrogen-bond acceptors (Lipinski definition) is 4. The summed E-state index contributed by atoms with van der Waals surface area (Å²) in [6.07, 6.45) is 0.875. The second-order valence-electron chi connectivity index (χ2n) is 4.23. The summed E-state index contributed by atoms with van der Waals surface area (Å²) in [6.45, 7) is 2.63. The van der Waals surface area contributed by atoms with Gasteiger partial charge in [-0.05, 0) is 13.5 Å². The first-order valence-corrected chi connectivity index (χ1v) is 5.73. The Balaban J connectivity index is 2.58. The number of aliphatic carboxylic acids is 1. The summed E-state index contributed by atoms with van der Waals surface area (Å²) >= 11 is 0. The van der Waals surface area contributed by atoms with E-state index in [0.29, 0.717) is 6.54 Å². The van der Waals surface area contributed by atoms with Crippen LogP contribution in [0.4, 0.5) is 0 Å². The molecule has 1 atom stereocenters. The van der Waals surface area contributed by atoms with Gasteiger partial charge in [0, 0.05) is 13.1 Å². The molecule has 1 rings (SSSR count). The van der Waals surface area contributed by atoms with Crippen LogP contribution in [-0.4, -0.2) is 58.9 Å². The molecule has 1 unspecified atom stereocenters. The molecule has 1 aliphatic heterocycles. The minimum absolute atomic E-state index is 0.0255. The van der Waals surface area contributed by atoms with E-state index in [4.69, 9.17) is 5.11 Å². The molecule has 0 spiro atoms. The van der Waals surface area contributed by atoms with Crippen LogP contribution < -0.4 is 0 Å². The fraction of sp³-hybridized carbons (Fsp3) is 0.727. The van der Waals surface area contributed by atoms with Crippen LogP contribution in [0, 0.1) is 0 Å². The van der Waals surface area contributed by atoms with Crippen molar-refractivity contribution in [1.82, 2.24) is 9.80 Å². The first-order chi connectivity index (χ1) is 7.97. The number of carbonyl (C=O) groups is 3. The molecule has 17 heavy (non-hydrogen) atoms. The van der Waals surface area contributed by atoms with Gasteiger partial charge in [0.25, 0.3) is 0 Å². The number of likely N-dealkylation sites (tertiary alicyclic amines) is 1. The van der Waals surface area contributed by atoms with Gasteiger partial charge in [-0.3, -0.25) is 24.2 Å². The van der Waals surface area contributed by atoms with E-state index in [-0.39, 0.29) is 31.2 Å². The normalized spacial score (nSPS) is 20.4. The second kappa shape index (κ2) is 5.77. The highest BCUT2D eigenvalue weighted by Crippen LogP contribution is 2.18. The van der Waals surface area contributed by atoms with Gasteiger partial charge in [-0.25, -0.2) is 0 Å². The third kappa shape index (κ3) is 3.26. The Morgan fingerprint density at radius 1 is 1.53 bits per heavy atom. The molecule has 96 valence electrons. The Morgan fingerprint density at radius 2 is 2.18 bits per heavy atom. The summed E-state index contributed by atoms with van der Waals surface area (Å²) in [5, 5.41) is 8.57. The average Bonchev–Trinajstić information content (AvgIpc) is 2.54. The quantitative estimate of drug-likeness (QED) is 0.660. The van der Waals surface area contributed by atoms with Crippen LogP contribution in [0.2, 0.25) is 0 Å². The summed E-state index contributed by atoms with van der Waals surface area (Å²) < 4.78 is 0. The molecule has 0 aromatic carbocycles. The number of imide groups is 1. The Labute approximate surface area is 100 Å². The molecule has 0 aromatic rings. The zero-order valence-corrected chi connectivity index (χ0v) is 10.2. The molecular formula is C11H18N2O4. The molecule has 0 radical (unpaired) electrons. The van der Waals surface area contributed by atoms with E-state index in [2.05, 4.69) is 0 Å². The molecule has 0 aliphatic carbocycles. The highest BCUT2D eigenvalue weighted by atomic mass is 16.4. The SMILES string of the molecule is CCCN1C(=O)CC(N(C)CCC(=O)O)C1=O. The largest absolute Gasteiger partial charge is 0.481 e. The topological polar surface area (TPSA) is 77.9 Å². The van der Waals surface area contributed by atoms with Gasteiger partial charge in [-0.15, -0.1) is 0 Å². The maximum absolute atomic E-state index is 11.9. The zero-order chi connectivity index (χ0) is 13.0. The van der Waals surface area contributed by atoms with Crippen LogP contribution in [-0.2, 0) is 14.4 Å². The second-order valence-corrected chi connectivity index (χ2v) is 4.23. The lowest BCUT2D eigenvalue weighted by Gasteiger charge is -2.21. The average molecular weight is 242 g/mol. The van der Waals surface area contributed by atoms with Crippen molar-refractivity contribution in [3.63, 3.8) is 0 Å². The lowest BCUT2D eigenvalue weighted by Crippen LogP contribution is -2.41. The van der Waals surface area contributed by atoms with Crippen molar-refractivity contribution < 1.29 is 19.5 Å². The Bertz CT molecular complexity index is 329. The van der Waals surface area contributed by atoms with Gasteiger partial charge in [0.05, 0.1) is 18.9 Å². The highest BCUT2D eigenvalue weighted by molar-refractivity contribution is 6.05. The molecule has 6 heteroatoms. The van der Waals surface area contributed by atoms with Gasteiger partial charge in [0.1, 0.15) is 0 Å². The summed E-state index contributed by atoms with van der Waals surface area (Å²) in [6, 6.07) is -0.492. The minimum Gasteiger partial charge on any atom is -0.481 e. The van der Waals surface area contributed by atoms with Crippen molar-refractivity contribution >= 4 is 17.8 Å². The third-order valence-electron chi connectivity index (χ3n) is 2.88. The van der Waals surface area contributed by atoms with Crippen LogP contribution in [0.3, 0.4) is 0 Å². The number of hydrogen-bond donors (Lipinski definition) is 1. The molecule has 1 heterocycles. The summed E-state index contributed by atoms with van der Waals surface area (Å²) in [5.41, 5.74) is 0.